The molecule has 1 heterocycles. The van der Waals surface area contributed by atoms with E-state index in [2.05, 4.69) is 15.3 Å². The number of alkyl halides is 3. The van der Waals surface area contributed by atoms with Gasteiger partial charge >= 0.3 is 6.18 Å². The lowest BCUT2D eigenvalue weighted by Gasteiger charge is -2.30. The summed E-state index contributed by atoms with van der Waals surface area (Å²) in [5, 5.41) is 2.90. The Balaban J connectivity index is 1.76. The highest BCUT2D eigenvalue weighted by atomic mass is 19.4. The van der Waals surface area contributed by atoms with E-state index in [0.717, 1.165) is 19.3 Å². The molecule has 4 nitrogen and oxygen atoms in total. The lowest BCUT2D eigenvalue weighted by molar-refractivity contribution is -0.145. The van der Waals surface area contributed by atoms with Crippen LogP contribution in [0.5, 0.6) is 0 Å². The predicted molar refractivity (Wildman–Crippen MR) is 90.5 cm³/mol. The molecule has 1 unspecified atom stereocenters. The zero-order valence-electron chi connectivity index (χ0n) is 14.4. The molecule has 0 bridgehead atoms. The minimum Gasteiger partial charge on any atom is -0.351 e. The third-order valence-electron chi connectivity index (χ3n) is 4.71. The quantitative estimate of drug-likeness (QED) is 0.845. The van der Waals surface area contributed by atoms with Gasteiger partial charge in [-0.1, -0.05) is 38.0 Å². The second-order valence-electron chi connectivity index (χ2n) is 7.05. The van der Waals surface area contributed by atoms with Crippen LogP contribution in [0.3, 0.4) is 0 Å². The Bertz CT molecular complexity index is 758. The summed E-state index contributed by atoms with van der Waals surface area (Å²) in [4.78, 5) is 19.3. The first-order valence-corrected chi connectivity index (χ1v) is 8.51. The molecule has 26 heavy (non-hydrogen) atoms. The average molecular weight is 363 g/mol. The van der Waals surface area contributed by atoms with Crippen molar-refractivity contribution in [1.82, 2.24) is 15.3 Å². The number of aromatic nitrogens is 2. The van der Waals surface area contributed by atoms with Gasteiger partial charge in [0, 0.05) is 29.9 Å². The van der Waals surface area contributed by atoms with E-state index in [1.165, 1.54) is 12.4 Å². The molecule has 1 amide bonds. The van der Waals surface area contributed by atoms with Crippen LogP contribution in [-0.4, -0.2) is 22.4 Å². The second-order valence-corrected chi connectivity index (χ2v) is 7.05. The van der Waals surface area contributed by atoms with Gasteiger partial charge in [-0.2, -0.15) is 13.2 Å². The standard InChI is InChI=1S/C19H20F3N3O/c1-18(9-13-7-8-13,12-25-16(26)14-5-3-2-4-6-14)15-10-23-17(24-11-15)19(20,21)22/h2-6,10-11,13H,7-9,12H2,1H3,(H,25,26). The maximum absolute atomic E-state index is 12.7. The molecule has 1 aromatic heterocycles. The number of halogens is 3. The van der Waals surface area contributed by atoms with Gasteiger partial charge in [0.2, 0.25) is 5.82 Å². The fraction of sp³-hybridized carbons (Fsp3) is 0.421. The maximum Gasteiger partial charge on any atom is 0.451 e. The van der Waals surface area contributed by atoms with Crippen LogP contribution in [0.15, 0.2) is 42.7 Å². The van der Waals surface area contributed by atoms with Gasteiger partial charge < -0.3 is 5.32 Å². The van der Waals surface area contributed by atoms with E-state index in [9.17, 15) is 18.0 Å². The van der Waals surface area contributed by atoms with Gasteiger partial charge in [0.1, 0.15) is 0 Å². The number of amides is 1. The third-order valence-corrected chi connectivity index (χ3v) is 4.71. The summed E-state index contributed by atoms with van der Waals surface area (Å²) in [6.07, 6.45) is 0.872. The van der Waals surface area contributed by atoms with E-state index >= 15 is 0 Å². The molecule has 0 aliphatic heterocycles. The number of nitrogens with zero attached hydrogens (tertiary/aromatic N) is 2. The summed E-state index contributed by atoms with van der Waals surface area (Å²) in [5.74, 6) is -0.834. The number of nitrogens with one attached hydrogen (secondary N) is 1. The fourth-order valence-corrected chi connectivity index (χ4v) is 3.00. The molecule has 1 N–H and O–H groups in total. The first-order valence-electron chi connectivity index (χ1n) is 8.51. The third kappa shape index (κ3) is 4.39. The van der Waals surface area contributed by atoms with Crippen LogP contribution < -0.4 is 5.32 Å². The van der Waals surface area contributed by atoms with Gasteiger partial charge in [-0.05, 0) is 30.0 Å². The molecule has 1 saturated carbocycles. The van der Waals surface area contributed by atoms with Crippen LogP contribution in [0.2, 0.25) is 0 Å². The van der Waals surface area contributed by atoms with Gasteiger partial charge in [0.25, 0.3) is 5.91 Å². The van der Waals surface area contributed by atoms with Crippen LogP contribution in [-0.2, 0) is 11.6 Å². The van der Waals surface area contributed by atoms with Gasteiger partial charge in [-0.25, -0.2) is 9.97 Å². The molecule has 0 saturated heterocycles. The molecular formula is C19H20F3N3O. The van der Waals surface area contributed by atoms with Gasteiger partial charge in [-0.15, -0.1) is 0 Å². The zero-order valence-corrected chi connectivity index (χ0v) is 14.4. The highest BCUT2D eigenvalue weighted by molar-refractivity contribution is 5.94. The maximum atomic E-state index is 12.7. The summed E-state index contributed by atoms with van der Waals surface area (Å²) in [6.45, 7) is 2.24. The summed E-state index contributed by atoms with van der Waals surface area (Å²) in [5.41, 5.74) is 0.631. The Morgan fingerprint density at radius 2 is 1.77 bits per heavy atom. The van der Waals surface area contributed by atoms with Gasteiger partial charge in [0.05, 0.1) is 0 Å². The molecule has 3 rings (SSSR count). The molecule has 0 spiro atoms. The van der Waals surface area contributed by atoms with E-state index in [4.69, 9.17) is 0 Å². The van der Waals surface area contributed by atoms with Crippen LogP contribution in [0.1, 0.15) is 47.9 Å². The minimum absolute atomic E-state index is 0.208. The molecule has 1 aliphatic carbocycles. The molecule has 1 aromatic carbocycles. The van der Waals surface area contributed by atoms with Crippen molar-refractivity contribution in [3.63, 3.8) is 0 Å². The lowest BCUT2D eigenvalue weighted by Crippen LogP contribution is -2.39. The smallest absolute Gasteiger partial charge is 0.351 e. The number of benzene rings is 1. The fourth-order valence-electron chi connectivity index (χ4n) is 3.00. The zero-order chi connectivity index (χ0) is 18.8. The van der Waals surface area contributed by atoms with E-state index in [1.807, 2.05) is 13.0 Å². The number of carbonyl (C=O) groups excluding carboxylic acids is 1. The lowest BCUT2D eigenvalue weighted by atomic mass is 9.79. The summed E-state index contributed by atoms with van der Waals surface area (Å²) < 4.78 is 38.1. The molecule has 1 fully saturated rings. The monoisotopic (exact) mass is 363 g/mol. The van der Waals surface area contributed by atoms with Crippen molar-refractivity contribution in [2.24, 2.45) is 5.92 Å². The molecule has 138 valence electrons. The minimum atomic E-state index is -4.56. The van der Waals surface area contributed by atoms with Crippen LogP contribution in [0, 0.1) is 5.92 Å². The topological polar surface area (TPSA) is 54.9 Å². The predicted octanol–water partition coefficient (Wildman–Crippen LogP) is 3.98. The van der Waals surface area contributed by atoms with Gasteiger partial charge in [-0.3, -0.25) is 4.79 Å². The molecule has 1 aliphatic rings. The van der Waals surface area contributed by atoms with E-state index < -0.39 is 17.4 Å². The van der Waals surface area contributed by atoms with Crippen molar-refractivity contribution in [2.75, 3.05) is 6.54 Å². The van der Waals surface area contributed by atoms with Crippen LogP contribution in [0.4, 0.5) is 13.2 Å². The summed E-state index contributed by atoms with van der Waals surface area (Å²) in [7, 11) is 0. The largest absolute Gasteiger partial charge is 0.451 e. The molecule has 0 radical (unpaired) electrons. The molecule has 7 heteroatoms. The Hall–Kier alpha value is -2.44. The highest BCUT2D eigenvalue weighted by Crippen LogP contribution is 2.41. The molecule has 1 atom stereocenters. The molecular weight excluding hydrogens is 343 g/mol. The Kier molecular flexibility index (Phi) is 4.98. The highest BCUT2D eigenvalue weighted by Gasteiger charge is 2.38. The summed E-state index contributed by atoms with van der Waals surface area (Å²) in [6, 6.07) is 8.82. The van der Waals surface area contributed by atoms with Crippen molar-refractivity contribution >= 4 is 5.91 Å². The number of hydrogen-bond acceptors (Lipinski definition) is 3. The number of carbonyl (C=O) groups is 1. The normalized spacial score (nSPS) is 16.8. The van der Waals surface area contributed by atoms with E-state index in [0.29, 0.717) is 23.6 Å². The molecule has 2 aromatic rings. The Morgan fingerprint density at radius 1 is 1.15 bits per heavy atom. The van der Waals surface area contributed by atoms with Crippen LogP contribution in [0.25, 0.3) is 0 Å². The van der Waals surface area contributed by atoms with Crippen molar-refractivity contribution in [2.45, 2.75) is 37.8 Å². The summed E-state index contributed by atoms with van der Waals surface area (Å²) >= 11 is 0. The van der Waals surface area contributed by atoms with Crippen LogP contribution >= 0.6 is 0 Å². The number of hydrogen-bond donors (Lipinski definition) is 1. The second kappa shape index (κ2) is 7.05. The van der Waals surface area contributed by atoms with Crippen molar-refractivity contribution in [3.8, 4) is 0 Å². The van der Waals surface area contributed by atoms with E-state index in [-0.39, 0.29) is 5.91 Å². The van der Waals surface area contributed by atoms with E-state index in [1.54, 1.807) is 24.3 Å². The van der Waals surface area contributed by atoms with Crippen molar-refractivity contribution in [3.05, 3.63) is 59.7 Å². The van der Waals surface area contributed by atoms with Crippen molar-refractivity contribution in [1.29, 1.82) is 0 Å². The Morgan fingerprint density at radius 3 is 2.31 bits per heavy atom. The Labute approximate surface area is 149 Å². The number of rotatable bonds is 6. The van der Waals surface area contributed by atoms with Gasteiger partial charge in [0.15, 0.2) is 0 Å². The SMILES string of the molecule is CC(CNC(=O)c1ccccc1)(CC1CC1)c1cnc(C(F)(F)F)nc1. The first-order chi connectivity index (χ1) is 12.3. The van der Waals surface area contributed by atoms with Crippen molar-refractivity contribution < 1.29 is 18.0 Å². The average Bonchev–Trinajstić information content (AvgIpc) is 3.43. The first kappa shape index (κ1) is 18.4.